The molecule has 0 bridgehead atoms. The van der Waals surface area contributed by atoms with Crippen molar-refractivity contribution < 1.29 is 0 Å². The van der Waals surface area contributed by atoms with E-state index < -0.39 is 0 Å². The molecule has 0 fully saturated rings. The third kappa shape index (κ3) is 4.60. The van der Waals surface area contributed by atoms with Crippen LogP contribution in [0.1, 0.15) is 19.8 Å². The van der Waals surface area contributed by atoms with Crippen LogP contribution < -0.4 is 0 Å². The zero-order chi connectivity index (χ0) is 4.12. The number of rotatable bonds is 2. The summed E-state index contributed by atoms with van der Waals surface area (Å²) < 4.78 is 0. The van der Waals surface area contributed by atoms with E-state index in [0.29, 0.717) is 0 Å². The van der Waals surface area contributed by atoms with Crippen LogP contribution in [0, 0.1) is 0 Å². The van der Waals surface area contributed by atoms with Gasteiger partial charge in [0.05, 0.1) is 0 Å². The molecule has 0 atom stereocenters. The van der Waals surface area contributed by atoms with E-state index in [1.54, 1.807) is 0 Å². The second kappa shape index (κ2) is 4.60. The average Bonchev–Trinajstić information content (AvgIpc) is 1.41. The Morgan fingerprint density at radius 1 is 1.60 bits per heavy atom. The van der Waals surface area contributed by atoms with Crippen LogP contribution in [-0.4, -0.2) is 17.7 Å². The van der Waals surface area contributed by atoms with E-state index in [2.05, 4.69) is 24.6 Å². The molecule has 0 rings (SSSR count). The van der Waals surface area contributed by atoms with Crippen LogP contribution in [0.25, 0.3) is 0 Å². The number of hydrogen-bond donors (Lipinski definition) is 0. The van der Waals surface area contributed by atoms with Gasteiger partial charge in [-0.3, -0.25) is 0 Å². The third-order valence-electron chi connectivity index (χ3n) is 0.707. The van der Waals surface area contributed by atoms with E-state index in [0.717, 1.165) is 0 Å². The molecule has 5 heavy (non-hydrogen) atoms. The quantitative estimate of drug-likeness (QED) is 0.467. The van der Waals surface area contributed by atoms with Gasteiger partial charge in [0, 0.05) is 0 Å². The summed E-state index contributed by atoms with van der Waals surface area (Å²) >= 11 is 2.21. The number of hydrogen-bond acceptors (Lipinski definition) is 0. The van der Waals surface area contributed by atoms with Gasteiger partial charge in [0.25, 0.3) is 0 Å². The van der Waals surface area contributed by atoms with Gasteiger partial charge in [0.2, 0.25) is 0 Å². The normalized spacial score (nSPS) is 8.60. The summed E-state index contributed by atoms with van der Waals surface area (Å²) in [6, 6.07) is 0. The molecular weight excluding hydrogens is 98.0 g/mol. The van der Waals surface area contributed by atoms with Crippen molar-refractivity contribution in [2.24, 2.45) is 0 Å². The first kappa shape index (κ1) is 5.60. The van der Waals surface area contributed by atoms with E-state index in [-0.39, 0.29) is 0 Å². The molecule has 0 unspecified atom stereocenters. The van der Waals surface area contributed by atoms with Crippen molar-refractivity contribution in [2.75, 3.05) is 0 Å². The second-order valence-electron chi connectivity index (χ2n) is 1.35. The third-order valence-corrected chi connectivity index (χ3v) is 0.707. The molecule has 0 amide bonds. The average molecular weight is 107 g/mol. The summed E-state index contributed by atoms with van der Waals surface area (Å²) in [6.07, 6.45) is 2.73. The summed E-state index contributed by atoms with van der Waals surface area (Å²) in [4.78, 5) is 0. The van der Waals surface area contributed by atoms with Crippen LogP contribution in [0.2, 0.25) is 5.09 Å². The standard InChI is InChI=1S/C4H9.Li/c1-3-4-2;/h1,3-4H2,2H3;/i;1+43. The first-order valence-electron chi connectivity index (χ1n) is 2.41. The van der Waals surface area contributed by atoms with Crippen molar-refractivity contribution in [3.63, 3.8) is 0 Å². The summed E-state index contributed by atoms with van der Waals surface area (Å²) in [7, 11) is 0. The zero-order valence-corrected chi connectivity index (χ0v) is 4.12. The van der Waals surface area contributed by atoms with Crippen LogP contribution in [0.4, 0.5) is 0 Å². The van der Waals surface area contributed by atoms with Crippen molar-refractivity contribution in [1.82, 2.24) is 0 Å². The van der Waals surface area contributed by atoms with Crippen LogP contribution in [-0.2, 0) is 0 Å². The van der Waals surface area contributed by atoms with E-state index in [4.69, 9.17) is 0 Å². The molecule has 0 saturated heterocycles. The molecule has 0 aliphatic rings. The van der Waals surface area contributed by atoms with Crippen LogP contribution in [0.15, 0.2) is 0 Å². The van der Waals surface area contributed by atoms with Crippen molar-refractivity contribution in [3.05, 3.63) is 0 Å². The first-order valence-corrected chi connectivity index (χ1v) is 2.41. The molecular formula is C4H9Li. The molecule has 0 saturated carbocycles. The molecule has 0 radical (unpaired) electrons. The molecule has 0 nitrogen and oxygen atoms in total. The molecule has 0 aliphatic carbocycles. The predicted octanol–water partition coefficient (Wildman–Crippen LogP) is 1.37. The van der Waals surface area contributed by atoms with Crippen LogP contribution in [0.5, 0.6) is 0 Å². The summed E-state index contributed by atoms with van der Waals surface area (Å²) in [5.41, 5.74) is 0. The van der Waals surface area contributed by atoms with Crippen molar-refractivity contribution in [2.45, 2.75) is 24.9 Å². The fourth-order valence-corrected chi connectivity index (χ4v) is 0.354. The second-order valence-corrected chi connectivity index (χ2v) is 1.35. The Morgan fingerprint density at radius 2 is 2.20 bits per heavy atom. The fraction of sp³-hybridized carbons (Fsp3) is 1.00. The van der Waals surface area contributed by atoms with Gasteiger partial charge in [-0.2, -0.15) is 0 Å². The van der Waals surface area contributed by atoms with Gasteiger partial charge in [0.15, 0.2) is 0 Å². The molecule has 0 aliphatic heterocycles. The van der Waals surface area contributed by atoms with E-state index >= 15 is 0 Å². The van der Waals surface area contributed by atoms with Gasteiger partial charge >= 0.3 is 42.6 Å². The van der Waals surface area contributed by atoms with Gasteiger partial charge in [-0.05, 0) is 0 Å². The Kier molecular flexibility index (Phi) is 5.15. The maximum absolute atomic E-state index is 2.21. The van der Waals surface area contributed by atoms with Gasteiger partial charge in [-0.1, -0.05) is 0 Å². The fourth-order valence-electron chi connectivity index (χ4n) is 0.354. The molecule has 0 aromatic rings. The molecule has 0 spiro atoms. The van der Waals surface area contributed by atoms with Crippen molar-refractivity contribution in [3.8, 4) is 0 Å². The van der Waals surface area contributed by atoms with Gasteiger partial charge < -0.3 is 0 Å². The van der Waals surface area contributed by atoms with Gasteiger partial charge in [-0.25, -0.2) is 0 Å². The molecule has 0 heterocycles. The van der Waals surface area contributed by atoms with Crippen LogP contribution >= 0.6 is 0 Å². The molecule has 26 valence electrons. The zero-order valence-electron chi connectivity index (χ0n) is 4.12. The van der Waals surface area contributed by atoms with Crippen molar-refractivity contribution >= 4 is 17.7 Å². The Labute approximate surface area is 43.2 Å². The van der Waals surface area contributed by atoms with E-state index in [1.807, 2.05) is 0 Å². The Hall–Kier alpha value is 0.597. The molecule has 0 aromatic heterocycles. The van der Waals surface area contributed by atoms with E-state index in [9.17, 15) is 0 Å². The minimum absolute atomic E-state index is 1.34. The van der Waals surface area contributed by atoms with Crippen molar-refractivity contribution in [1.29, 1.82) is 0 Å². The molecule has 0 aromatic carbocycles. The maximum atomic E-state index is 2.21. The van der Waals surface area contributed by atoms with Gasteiger partial charge in [-0.15, -0.1) is 0 Å². The predicted molar refractivity (Wildman–Crippen MR) is 25.5 cm³/mol. The summed E-state index contributed by atoms with van der Waals surface area (Å²) in [5, 5.41) is 1.34. The topological polar surface area (TPSA) is 0 Å². The Morgan fingerprint density at radius 3 is 2.20 bits per heavy atom. The van der Waals surface area contributed by atoms with Gasteiger partial charge in [0.1, 0.15) is 0 Å². The monoisotopic (exact) mass is 107 g/mol. The SMILES string of the molecule is [50Li][CH2]CCC. The summed E-state index contributed by atoms with van der Waals surface area (Å²) in [5.74, 6) is 0. The minimum atomic E-state index is 1.34. The number of unbranched alkanes of at least 4 members (excludes halogenated alkanes) is 1. The van der Waals surface area contributed by atoms with E-state index in [1.165, 1.54) is 17.9 Å². The Bertz CT molecular complexity index is 11.1. The summed E-state index contributed by atoms with van der Waals surface area (Å²) in [6.45, 7) is 2.21. The first-order chi connectivity index (χ1) is 2.41. The van der Waals surface area contributed by atoms with Crippen LogP contribution in [0.3, 0.4) is 0 Å². The molecule has 1 heteroatoms. The molecule has 0 N–H and O–H groups in total. The Balaban J connectivity index is 2.19.